The molecular weight excluding hydrogens is 439 g/mol. The van der Waals surface area contributed by atoms with E-state index >= 15 is 0 Å². The number of piperazine rings is 1. The summed E-state index contributed by atoms with van der Waals surface area (Å²) >= 11 is 12.0. The van der Waals surface area contributed by atoms with Gasteiger partial charge in [0.15, 0.2) is 11.5 Å². The summed E-state index contributed by atoms with van der Waals surface area (Å²) in [5, 5.41) is 12.9. The molecule has 7 nitrogen and oxygen atoms in total. The van der Waals surface area contributed by atoms with Gasteiger partial charge in [-0.25, -0.2) is 0 Å². The number of nitriles is 1. The van der Waals surface area contributed by atoms with Crippen LogP contribution in [-0.4, -0.2) is 48.7 Å². The number of nitrogens with zero attached hydrogens (tertiary/aromatic N) is 3. The highest BCUT2D eigenvalue weighted by molar-refractivity contribution is 6.35. The van der Waals surface area contributed by atoms with Crippen LogP contribution in [0.2, 0.25) is 10.0 Å². The highest BCUT2D eigenvalue weighted by Crippen LogP contribution is 2.33. The van der Waals surface area contributed by atoms with Crippen LogP contribution in [0.1, 0.15) is 5.56 Å². The Morgan fingerprint density at radius 2 is 1.87 bits per heavy atom. The highest BCUT2D eigenvalue weighted by Gasteiger charge is 2.19. The van der Waals surface area contributed by atoms with Crippen LogP contribution >= 0.6 is 23.2 Å². The predicted octanol–water partition coefficient (Wildman–Crippen LogP) is 3.89. The lowest BCUT2D eigenvalue weighted by Crippen LogP contribution is -2.43. The van der Waals surface area contributed by atoms with E-state index < -0.39 is 5.91 Å². The van der Waals surface area contributed by atoms with Gasteiger partial charge in [0, 0.05) is 43.9 Å². The van der Waals surface area contributed by atoms with Gasteiger partial charge < -0.3 is 19.7 Å². The molecule has 0 bridgehead atoms. The molecule has 9 heteroatoms. The molecule has 1 N–H and O–H groups in total. The summed E-state index contributed by atoms with van der Waals surface area (Å²) in [6.45, 7) is 4.10. The first-order chi connectivity index (χ1) is 15.0. The first kappa shape index (κ1) is 21.3. The first-order valence-corrected chi connectivity index (χ1v) is 10.5. The fourth-order valence-electron chi connectivity index (χ4n) is 3.45. The number of ether oxygens (including phenoxy) is 2. The summed E-state index contributed by atoms with van der Waals surface area (Å²) in [7, 11) is 0. The molecule has 2 aromatic rings. The van der Waals surface area contributed by atoms with Crippen LogP contribution in [0.15, 0.2) is 48.2 Å². The molecule has 0 saturated carbocycles. The largest absolute Gasteiger partial charge is 0.454 e. The topological polar surface area (TPSA) is 77.8 Å². The van der Waals surface area contributed by atoms with Crippen molar-refractivity contribution in [2.75, 3.05) is 38.3 Å². The normalized spacial score (nSPS) is 16.2. The van der Waals surface area contributed by atoms with E-state index in [0.29, 0.717) is 28.8 Å². The van der Waals surface area contributed by atoms with Crippen molar-refractivity contribution in [3.63, 3.8) is 0 Å². The summed E-state index contributed by atoms with van der Waals surface area (Å²) < 4.78 is 10.8. The average molecular weight is 459 g/mol. The molecule has 0 unspecified atom stereocenters. The Hall–Kier alpha value is -2.92. The Labute approximate surface area is 190 Å². The van der Waals surface area contributed by atoms with Crippen molar-refractivity contribution in [2.45, 2.75) is 6.54 Å². The van der Waals surface area contributed by atoms with Gasteiger partial charge in [-0.3, -0.25) is 9.69 Å². The second-order valence-corrected chi connectivity index (χ2v) is 8.08. The molecule has 1 amide bonds. The number of anilines is 1. The van der Waals surface area contributed by atoms with Crippen LogP contribution < -0.4 is 14.8 Å². The molecule has 2 aromatic carbocycles. The van der Waals surface area contributed by atoms with Gasteiger partial charge in [-0.15, -0.1) is 0 Å². The monoisotopic (exact) mass is 458 g/mol. The lowest BCUT2D eigenvalue weighted by atomic mass is 10.1. The first-order valence-electron chi connectivity index (χ1n) is 9.75. The molecule has 4 rings (SSSR count). The molecule has 0 aromatic heterocycles. The van der Waals surface area contributed by atoms with Crippen molar-refractivity contribution >= 4 is 34.8 Å². The summed E-state index contributed by atoms with van der Waals surface area (Å²) in [5.41, 5.74) is 1.54. The van der Waals surface area contributed by atoms with Gasteiger partial charge in [0.05, 0.1) is 10.7 Å². The fourth-order valence-corrected chi connectivity index (χ4v) is 3.79. The number of halogens is 2. The maximum absolute atomic E-state index is 12.5. The Balaban J connectivity index is 1.33. The lowest BCUT2D eigenvalue weighted by Gasteiger charge is -2.34. The molecular formula is C22H20Cl2N4O3. The van der Waals surface area contributed by atoms with Gasteiger partial charge in [0.25, 0.3) is 5.91 Å². The van der Waals surface area contributed by atoms with Crippen LogP contribution in [0, 0.1) is 11.3 Å². The van der Waals surface area contributed by atoms with Crippen molar-refractivity contribution in [1.82, 2.24) is 9.80 Å². The Bertz CT molecular complexity index is 1060. The minimum atomic E-state index is -0.519. The third-order valence-electron chi connectivity index (χ3n) is 5.10. The molecule has 2 aliphatic heterocycles. The smallest absolute Gasteiger partial charge is 0.267 e. The average Bonchev–Trinajstić information content (AvgIpc) is 3.23. The number of carbonyl (C=O) groups excluding carboxylic acids is 1. The molecule has 0 atom stereocenters. The van der Waals surface area contributed by atoms with E-state index in [1.54, 1.807) is 24.4 Å². The van der Waals surface area contributed by atoms with Gasteiger partial charge in [-0.2, -0.15) is 5.26 Å². The van der Waals surface area contributed by atoms with Gasteiger partial charge >= 0.3 is 0 Å². The zero-order chi connectivity index (χ0) is 21.8. The third-order valence-corrected chi connectivity index (χ3v) is 5.67. The van der Waals surface area contributed by atoms with E-state index in [1.807, 2.05) is 29.2 Å². The van der Waals surface area contributed by atoms with Gasteiger partial charge in [-0.05, 0) is 35.9 Å². The highest BCUT2D eigenvalue weighted by atomic mass is 35.5. The van der Waals surface area contributed by atoms with Crippen LogP contribution in [-0.2, 0) is 11.3 Å². The number of hydrogen-bond donors (Lipinski definition) is 1. The lowest BCUT2D eigenvalue weighted by molar-refractivity contribution is -0.112. The molecule has 31 heavy (non-hydrogen) atoms. The second kappa shape index (κ2) is 9.48. The number of rotatable bonds is 5. The Morgan fingerprint density at radius 1 is 1.10 bits per heavy atom. The minimum absolute atomic E-state index is 0.0141. The van der Waals surface area contributed by atoms with E-state index in [4.69, 9.17) is 32.7 Å². The quantitative estimate of drug-likeness (QED) is 0.540. The number of benzene rings is 2. The number of fused-ring (bicyclic) bond motifs is 1. The standard InChI is InChI=1S/C22H20Cl2N4O3/c23-17-2-3-18(24)19(10-17)26-22(29)16(11-25)13-28-7-5-27(6-8-28)12-15-1-4-20-21(9-15)31-14-30-20/h1-4,9-10,13H,5-8,12,14H2,(H,26,29)/b16-13-. The summed E-state index contributed by atoms with van der Waals surface area (Å²) in [4.78, 5) is 16.8. The maximum atomic E-state index is 12.5. The Morgan fingerprint density at radius 3 is 2.65 bits per heavy atom. The van der Waals surface area contributed by atoms with E-state index in [2.05, 4.69) is 10.2 Å². The summed E-state index contributed by atoms with van der Waals surface area (Å²) in [5.74, 6) is 1.04. The number of amides is 1. The number of carbonyl (C=O) groups is 1. The number of hydrogen-bond acceptors (Lipinski definition) is 6. The van der Waals surface area contributed by atoms with Crippen molar-refractivity contribution in [3.05, 3.63) is 63.8 Å². The van der Waals surface area contributed by atoms with Crippen molar-refractivity contribution in [2.24, 2.45) is 0 Å². The van der Waals surface area contributed by atoms with E-state index in [-0.39, 0.29) is 12.4 Å². The molecule has 2 heterocycles. The molecule has 1 fully saturated rings. The molecule has 0 spiro atoms. The van der Waals surface area contributed by atoms with E-state index in [1.165, 1.54) is 0 Å². The number of nitrogens with one attached hydrogen (secondary N) is 1. The van der Waals surface area contributed by atoms with Gasteiger partial charge in [-0.1, -0.05) is 29.3 Å². The Kier molecular flexibility index (Phi) is 6.52. The van der Waals surface area contributed by atoms with Crippen LogP contribution in [0.5, 0.6) is 11.5 Å². The maximum Gasteiger partial charge on any atom is 0.267 e. The molecule has 0 aliphatic carbocycles. The summed E-state index contributed by atoms with van der Waals surface area (Å²) in [6, 6.07) is 12.7. The third kappa shape index (κ3) is 5.23. The molecule has 160 valence electrons. The fraction of sp³-hybridized carbons (Fsp3) is 0.273. The van der Waals surface area contributed by atoms with Crippen LogP contribution in [0.25, 0.3) is 0 Å². The van der Waals surface area contributed by atoms with Crippen molar-refractivity contribution in [3.8, 4) is 17.6 Å². The van der Waals surface area contributed by atoms with Crippen molar-refractivity contribution in [1.29, 1.82) is 5.26 Å². The van der Waals surface area contributed by atoms with Crippen molar-refractivity contribution < 1.29 is 14.3 Å². The zero-order valence-electron chi connectivity index (χ0n) is 16.6. The van der Waals surface area contributed by atoms with Crippen LogP contribution in [0.4, 0.5) is 5.69 Å². The second-order valence-electron chi connectivity index (χ2n) is 7.23. The summed E-state index contributed by atoms with van der Waals surface area (Å²) in [6.07, 6.45) is 1.60. The molecule has 1 saturated heterocycles. The van der Waals surface area contributed by atoms with Gasteiger partial charge in [0.2, 0.25) is 6.79 Å². The molecule has 0 radical (unpaired) electrons. The molecule has 2 aliphatic rings. The van der Waals surface area contributed by atoms with Gasteiger partial charge in [0.1, 0.15) is 11.6 Å². The SMILES string of the molecule is N#C/C(=C/N1CCN(Cc2ccc3c(c2)OCO3)CC1)C(=O)Nc1cc(Cl)ccc1Cl. The van der Waals surface area contributed by atoms with Crippen LogP contribution in [0.3, 0.4) is 0 Å². The minimum Gasteiger partial charge on any atom is -0.454 e. The van der Waals surface area contributed by atoms with E-state index in [9.17, 15) is 10.1 Å². The van der Waals surface area contributed by atoms with E-state index in [0.717, 1.165) is 36.7 Å². The predicted molar refractivity (Wildman–Crippen MR) is 118 cm³/mol. The zero-order valence-corrected chi connectivity index (χ0v) is 18.1.